The second-order valence-electron chi connectivity index (χ2n) is 5.58. The maximum atomic E-state index is 11.9. The first-order valence-electron chi connectivity index (χ1n) is 7.68. The number of amides is 1. The summed E-state index contributed by atoms with van der Waals surface area (Å²) in [6.45, 7) is 5.87. The molecule has 2 rings (SSSR count). The fourth-order valence-electron chi connectivity index (χ4n) is 2.72. The lowest BCUT2D eigenvalue weighted by atomic mass is 10.0. The minimum absolute atomic E-state index is 0.0261. The van der Waals surface area contributed by atoms with Crippen LogP contribution in [0.2, 0.25) is 0 Å². The zero-order chi connectivity index (χ0) is 15.1. The number of quaternary nitrogens is 1. The van der Waals surface area contributed by atoms with Gasteiger partial charge in [-0.2, -0.15) is 0 Å². The molecule has 1 aromatic rings. The van der Waals surface area contributed by atoms with E-state index in [1.165, 1.54) is 13.0 Å². The average molecular weight is 356 g/mol. The maximum Gasteiger partial charge on any atom is 0.258 e. The number of carbonyl (C=O) groups is 1. The normalized spacial score (nSPS) is 21.8. The van der Waals surface area contributed by atoms with Crippen molar-refractivity contribution in [1.29, 1.82) is 0 Å². The number of piperidine rings is 1. The van der Waals surface area contributed by atoms with Crippen molar-refractivity contribution >= 4 is 21.8 Å². The molecular formula is C16H24BrN2O2+. The van der Waals surface area contributed by atoms with Crippen LogP contribution in [0.5, 0.6) is 5.75 Å². The van der Waals surface area contributed by atoms with Crippen molar-refractivity contribution in [1.82, 2.24) is 5.32 Å². The molecule has 0 radical (unpaired) electrons. The molecule has 1 saturated heterocycles. The molecule has 0 aromatic heterocycles. The molecule has 21 heavy (non-hydrogen) atoms. The van der Waals surface area contributed by atoms with E-state index in [4.69, 9.17) is 4.74 Å². The molecule has 0 unspecified atom stereocenters. The van der Waals surface area contributed by atoms with Gasteiger partial charge in [0.05, 0.1) is 19.6 Å². The number of hydrogen-bond acceptors (Lipinski definition) is 2. The van der Waals surface area contributed by atoms with E-state index in [0.717, 1.165) is 36.2 Å². The second kappa shape index (κ2) is 8.39. The summed E-state index contributed by atoms with van der Waals surface area (Å²) in [5.74, 6) is 0.692. The van der Waals surface area contributed by atoms with Gasteiger partial charge in [-0.3, -0.25) is 4.79 Å². The molecule has 5 heteroatoms. The van der Waals surface area contributed by atoms with Crippen molar-refractivity contribution in [3.8, 4) is 5.75 Å². The van der Waals surface area contributed by atoms with Crippen molar-refractivity contribution in [3.63, 3.8) is 0 Å². The Balaban J connectivity index is 1.67. The van der Waals surface area contributed by atoms with Gasteiger partial charge in [-0.1, -0.05) is 22.9 Å². The van der Waals surface area contributed by atoms with Gasteiger partial charge in [-0.05, 0) is 30.7 Å². The summed E-state index contributed by atoms with van der Waals surface area (Å²) in [7, 11) is 0. The van der Waals surface area contributed by atoms with E-state index >= 15 is 0 Å². The van der Waals surface area contributed by atoms with Gasteiger partial charge in [-0.25, -0.2) is 0 Å². The molecule has 1 aliphatic rings. The van der Waals surface area contributed by atoms with Crippen molar-refractivity contribution in [2.24, 2.45) is 0 Å². The summed E-state index contributed by atoms with van der Waals surface area (Å²) in [6, 6.07) is 7.82. The lowest BCUT2D eigenvalue weighted by Gasteiger charge is -2.29. The van der Waals surface area contributed by atoms with Gasteiger partial charge in [0.2, 0.25) is 0 Å². The van der Waals surface area contributed by atoms with E-state index in [0.29, 0.717) is 6.04 Å². The number of ether oxygens (including phenoxy) is 1. The standard InChI is InChI=1S/C16H23BrN2O2/c1-2-9-19-10-7-14(8-11-19)18-16(20)12-21-15-5-3-13(17)4-6-15/h3-6,14H,2,7-12H2,1H3,(H,18,20)/p+1. The van der Waals surface area contributed by atoms with E-state index in [9.17, 15) is 4.79 Å². The Kier molecular flexibility index (Phi) is 6.51. The largest absolute Gasteiger partial charge is 0.484 e. The third-order valence-corrected chi connectivity index (χ3v) is 4.37. The first-order valence-corrected chi connectivity index (χ1v) is 8.48. The number of hydrogen-bond donors (Lipinski definition) is 2. The van der Waals surface area contributed by atoms with Crippen LogP contribution in [0, 0.1) is 0 Å². The first kappa shape index (κ1) is 16.3. The lowest BCUT2D eigenvalue weighted by Crippen LogP contribution is -3.13. The van der Waals surface area contributed by atoms with E-state index in [1.54, 1.807) is 4.90 Å². The van der Waals surface area contributed by atoms with Gasteiger partial charge in [0.25, 0.3) is 5.91 Å². The Morgan fingerprint density at radius 3 is 2.62 bits per heavy atom. The number of benzene rings is 1. The summed E-state index contributed by atoms with van der Waals surface area (Å²) in [6.07, 6.45) is 3.37. The molecular weight excluding hydrogens is 332 g/mol. The highest BCUT2D eigenvalue weighted by Crippen LogP contribution is 2.15. The average Bonchev–Trinajstić information content (AvgIpc) is 2.49. The van der Waals surface area contributed by atoms with E-state index in [-0.39, 0.29) is 12.5 Å². The minimum atomic E-state index is -0.0261. The molecule has 1 amide bonds. The van der Waals surface area contributed by atoms with Gasteiger partial charge < -0.3 is 15.0 Å². The molecule has 2 N–H and O–H groups in total. The molecule has 1 aromatic carbocycles. The smallest absolute Gasteiger partial charge is 0.258 e. The monoisotopic (exact) mass is 355 g/mol. The van der Waals surface area contributed by atoms with E-state index in [1.807, 2.05) is 24.3 Å². The van der Waals surface area contributed by atoms with Crippen LogP contribution >= 0.6 is 15.9 Å². The Bertz CT molecular complexity index is 442. The van der Waals surface area contributed by atoms with Crippen LogP contribution in [0.1, 0.15) is 26.2 Å². The van der Waals surface area contributed by atoms with Crippen LogP contribution in [0.25, 0.3) is 0 Å². The Labute approximate surface area is 135 Å². The Morgan fingerprint density at radius 2 is 2.00 bits per heavy atom. The third-order valence-electron chi connectivity index (χ3n) is 3.84. The summed E-state index contributed by atoms with van der Waals surface area (Å²) >= 11 is 3.37. The number of nitrogens with one attached hydrogen (secondary N) is 2. The van der Waals surface area contributed by atoms with Gasteiger partial charge in [-0.15, -0.1) is 0 Å². The molecule has 0 saturated carbocycles. The topological polar surface area (TPSA) is 42.8 Å². The predicted octanol–water partition coefficient (Wildman–Crippen LogP) is 1.40. The number of carbonyl (C=O) groups excluding carboxylic acids is 1. The van der Waals surface area contributed by atoms with Crippen LogP contribution < -0.4 is 15.0 Å². The first-order chi connectivity index (χ1) is 10.2. The summed E-state index contributed by atoms with van der Waals surface area (Å²) in [5.41, 5.74) is 0. The van der Waals surface area contributed by atoms with E-state index in [2.05, 4.69) is 28.2 Å². The zero-order valence-electron chi connectivity index (χ0n) is 12.5. The molecule has 116 valence electrons. The quantitative estimate of drug-likeness (QED) is 0.809. The minimum Gasteiger partial charge on any atom is -0.484 e. The molecule has 0 bridgehead atoms. The fourth-order valence-corrected chi connectivity index (χ4v) is 2.99. The van der Waals surface area contributed by atoms with E-state index < -0.39 is 0 Å². The summed E-state index contributed by atoms with van der Waals surface area (Å²) in [5, 5.41) is 3.08. The van der Waals surface area contributed by atoms with Crippen molar-refractivity contribution in [2.45, 2.75) is 32.2 Å². The van der Waals surface area contributed by atoms with Gasteiger partial charge >= 0.3 is 0 Å². The van der Waals surface area contributed by atoms with Crippen molar-refractivity contribution < 1.29 is 14.4 Å². The SMILES string of the molecule is CCC[NH+]1CCC(NC(=O)COc2ccc(Br)cc2)CC1. The third kappa shape index (κ3) is 5.67. The molecule has 0 spiro atoms. The van der Waals surface area contributed by atoms with Gasteiger partial charge in [0.1, 0.15) is 5.75 Å². The van der Waals surface area contributed by atoms with Crippen LogP contribution in [0.3, 0.4) is 0 Å². The number of rotatable bonds is 6. The van der Waals surface area contributed by atoms with Crippen LogP contribution in [-0.2, 0) is 4.79 Å². The van der Waals surface area contributed by atoms with Crippen LogP contribution in [0.15, 0.2) is 28.7 Å². The summed E-state index contributed by atoms with van der Waals surface area (Å²) < 4.78 is 6.49. The molecule has 1 aliphatic heterocycles. The molecule has 1 heterocycles. The van der Waals surface area contributed by atoms with Gasteiger partial charge in [0, 0.05) is 23.4 Å². The Morgan fingerprint density at radius 1 is 1.33 bits per heavy atom. The number of halogens is 1. The highest BCUT2D eigenvalue weighted by molar-refractivity contribution is 9.10. The Hall–Kier alpha value is -1.07. The zero-order valence-corrected chi connectivity index (χ0v) is 14.1. The maximum absolute atomic E-state index is 11.9. The van der Waals surface area contributed by atoms with Crippen LogP contribution in [0.4, 0.5) is 0 Å². The highest BCUT2D eigenvalue weighted by atomic mass is 79.9. The molecule has 1 fully saturated rings. The van der Waals surface area contributed by atoms with Crippen molar-refractivity contribution in [3.05, 3.63) is 28.7 Å². The molecule has 0 atom stereocenters. The van der Waals surface area contributed by atoms with Gasteiger partial charge in [0.15, 0.2) is 6.61 Å². The lowest BCUT2D eigenvalue weighted by molar-refractivity contribution is -0.905. The van der Waals surface area contributed by atoms with Crippen molar-refractivity contribution in [2.75, 3.05) is 26.2 Å². The van der Waals surface area contributed by atoms with Crippen LogP contribution in [-0.4, -0.2) is 38.2 Å². The highest BCUT2D eigenvalue weighted by Gasteiger charge is 2.22. The number of likely N-dealkylation sites (tertiary alicyclic amines) is 1. The molecule has 0 aliphatic carbocycles. The predicted molar refractivity (Wildman–Crippen MR) is 86.7 cm³/mol. The fraction of sp³-hybridized carbons (Fsp3) is 0.562. The second-order valence-corrected chi connectivity index (χ2v) is 6.50. The molecule has 4 nitrogen and oxygen atoms in total. The summed E-state index contributed by atoms with van der Waals surface area (Å²) in [4.78, 5) is 13.6.